The molecule has 4 rings (SSSR count). The number of carbonyl (C=O) groups is 1. The number of nitrogens with zero attached hydrogens (tertiary/aromatic N) is 3. The number of ether oxygens (including phenoxy) is 2. The van der Waals surface area contributed by atoms with Crippen LogP contribution in [0.25, 0.3) is 0 Å². The smallest absolute Gasteiger partial charge is 0.410 e. The molecule has 154 valence electrons. The van der Waals surface area contributed by atoms with E-state index in [0.717, 1.165) is 55.7 Å². The first-order chi connectivity index (χ1) is 13.4. The number of rotatable bonds is 4. The second-order valence-corrected chi connectivity index (χ2v) is 9.61. The van der Waals surface area contributed by atoms with Gasteiger partial charge in [0, 0.05) is 25.7 Å². The van der Waals surface area contributed by atoms with Gasteiger partial charge in [-0.2, -0.15) is 0 Å². The largest absolute Gasteiger partial charge is 0.490 e. The van der Waals surface area contributed by atoms with E-state index in [0.29, 0.717) is 6.61 Å². The number of aromatic nitrogens is 1. The number of anilines is 1. The van der Waals surface area contributed by atoms with Gasteiger partial charge in [0.05, 0.1) is 24.1 Å². The number of likely N-dealkylation sites (tertiary alicyclic amines) is 1. The van der Waals surface area contributed by atoms with Crippen LogP contribution in [-0.2, 0) is 4.74 Å². The first kappa shape index (κ1) is 19.3. The Hall–Kier alpha value is -1.98. The summed E-state index contributed by atoms with van der Waals surface area (Å²) >= 11 is 0. The number of pyridine rings is 1. The lowest BCUT2D eigenvalue weighted by atomic mass is 9.98. The van der Waals surface area contributed by atoms with Crippen molar-refractivity contribution in [2.24, 2.45) is 11.8 Å². The molecule has 1 aromatic rings. The molecule has 2 aliphatic heterocycles. The van der Waals surface area contributed by atoms with Gasteiger partial charge in [-0.05, 0) is 64.7 Å². The zero-order valence-electron chi connectivity index (χ0n) is 17.4. The van der Waals surface area contributed by atoms with E-state index in [-0.39, 0.29) is 12.1 Å². The quantitative estimate of drug-likeness (QED) is 0.779. The summed E-state index contributed by atoms with van der Waals surface area (Å²) in [6, 6.07) is 2.16. The Morgan fingerprint density at radius 2 is 1.93 bits per heavy atom. The summed E-state index contributed by atoms with van der Waals surface area (Å²) in [5.74, 6) is 2.46. The van der Waals surface area contributed by atoms with Crippen LogP contribution in [0.1, 0.15) is 52.9 Å². The molecule has 28 heavy (non-hydrogen) atoms. The van der Waals surface area contributed by atoms with Crippen LogP contribution in [-0.4, -0.2) is 53.9 Å². The predicted molar refractivity (Wildman–Crippen MR) is 109 cm³/mol. The Labute approximate surface area is 168 Å². The van der Waals surface area contributed by atoms with Crippen molar-refractivity contribution in [1.29, 1.82) is 0 Å². The number of fused-ring (bicyclic) bond motifs is 2. The third kappa shape index (κ3) is 4.53. The highest BCUT2D eigenvalue weighted by Gasteiger charge is 2.34. The zero-order valence-corrected chi connectivity index (χ0v) is 17.4. The first-order valence-electron chi connectivity index (χ1n) is 10.7. The van der Waals surface area contributed by atoms with Crippen molar-refractivity contribution in [3.05, 3.63) is 18.5 Å². The molecular weight excluding hydrogens is 354 g/mol. The Morgan fingerprint density at radius 3 is 2.64 bits per heavy atom. The molecule has 3 unspecified atom stereocenters. The summed E-state index contributed by atoms with van der Waals surface area (Å²) in [6.45, 7) is 9.18. The van der Waals surface area contributed by atoms with Gasteiger partial charge in [-0.1, -0.05) is 0 Å². The molecule has 3 heterocycles. The maximum Gasteiger partial charge on any atom is 0.410 e. The van der Waals surface area contributed by atoms with E-state index in [1.54, 1.807) is 6.20 Å². The van der Waals surface area contributed by atoms with Crippen LogP contribution in [0.15, 0.2) is 18.5 Å². The molecule has 2 bridgehead atoms. The minimum atomic E-state index is -0.475. The third-order valence-corrected chi connectivity index (χ3v) is 6.12. The fourth-order valence-corrected chi connectivity index (χ4v) is 4.84. The summed E-state index contributed by atoms with van der Waals surface area (Å²) in [5.41, 5.74) is 0.682. The van der Waals surface area contributed by atoms with Crippen molar-refractivity contribution in [3.8, 4) is 5.75 Å². The molecular formula is C22H33N3O3. The molecule has 0 N–H and O–H groups in total. The Morgan fingerprint density at radius 1 is 1.18 bits per heavy atom. The van der Waals surface area contributed by atoms with Crippen LogP contribution in [0.5, 0.6) is 5.75 Å². The van der Waals surface area contributed by atoms with Gasteiger partial charge in [-0.15, -0.1) is 0 Å². The molecule has 3 atom stereocenters. The Balaban J connectivity index is 1.35. The summed E-state index contributed by atoms with van der Waals surface area (Å²) in [7, 11) is 0. The topological polar surface area (TPSA) is 54.9 Å². The highest BCUT2D eigenvalue weighted by atomic mass is 16.6. The standard InChI is InChI=1S/C22H33N3O3/c1-22(2,3)28-21(26)25-8-4-5-18(25)15-27-20-10-19(11-23-12-20)24-13-16-6-7-17(9-16)14-24/h10-12,16-18H,4-9,13-15H2,1-3H3. The molecule has 1 amide bonds. The van der Waals surface area contributed by atoms with Gasteiger partial charge in [0.2, 0.25) is 0 Å². The van der Waals surface area contributed by atoms with E-state index >= 15 is 0 Å². The second kappa shape index (κ2) is 7.80. The van der Waals surface area contributed by atoms with E-state index in [9.17, 15) is 4.79 Å². The minimum absolute atomic E-state index is 0.0596. The average Bonchev–Trinajstić information content (AvgIpc) is 3.25. The maximum atomic E-state index is 12.4. The van der Waals surface area contributed by atoms with Gasteiger partial charge >= 0.3 is 6.09 Å². The van der Waals surface area contributed by atoms with Crippen LogP contribution < -0.4 is 9.64 Å². The number of hydrogen-bond donors (Lipinski definition) is 0. The van der Waals surface area contributed by atoms with Crippen molar-refractivity contribution >= 4 is 11.8 Å². The molecule has 3 fully saturated rings. The lowest BCUT2D eigenvalue weighted by Crippen LogP contribution is -2.42. The van der Waals surface area contributed by atoms with Crippen LogP contribution in [0.2, 0.25) is 0 Å². The molecule has 3 aliphatic rings. The SMILES string of the molecule is CC(C)(C)OC(=O)N1CCCC1COc1cncc(N2CC3CCC(C3)C2)c1. The molecule has 2 saturated heterocycles. The molecule has 0 radical (unpaired) electrons. The fraction of sp³-hybridized carbons (Fsp3) is 0.727. The van der Waals surface area contributed by atoms with Crippen molar-refractivity contribution in [2.45, 2.75) is 64.5 Å². The van der Waals surface area contributed by atoms with Gasteiger partial charge in [-0.25, -0.2) is 4.79 Å². The summed E-state index contributed by atoms with van der Waals surface area (Å²) in [6.07, 6.45) is 9.54. The second-order valence-electron chi connectivity index (χ2n) is 9.61. The number of amides is 1. The van der Waals surface area contributed by atoms with Crippen molar-refractivity contribution in [2.75, 3.05) is 31.1 Å². The van der Waals surface area contributed by atoms with E-state index in [1.165, 1.54) is 19.3 Å². The molecule has 0 aromatic carbocycles. The number of carbonyl (C=O) groups excluding carboxylic acids is 1. The third-order valence-electron chi connectivity index (χ3n) is 6.12. The Kier molecular flexibility index (Phi) is 5.39. The number of piperidine rings is 1. The van der Waals surface area contributed by atoms with Gasteiger partial charge in [-0.3, -0.25) is 4.98 Å². The summed E-state index contributed by atoms with van der Waals surface area (Å²) in [5, 5.41) is 0. The van der Waals surface area contributed by atoms with Gasteiger partial charge in [0.15, 0.2) is 0 Å². The van der Waals surface area contributed by atoms with Crippen LogP contribution >= 0.6 is 0 Å². The van der Waals surface area contributed by atoms with Crippen molar-refractivity contribution < 1.29 is 14.3 Å². The molecule has 6 nitrogen and oxygen atoms in total. The van der Waals surface area contributed by atoms with Gasteiger partial charge < -0.3 is 19.3 Å². The van der Waals surface area contributed by atoms with E-state index in [4.69, 9.17) is 9.47 Å². The highest BCUT2D eigenvalue weighted by Crippen LogP contribution is 2.38. The fourth-order valence-electron chi connectivity index (χ4n) is 4.84. The van der Waals surface area contributed by atoms with E-state index in [2.05, 4.69) is 16.0 Å². The van der Waals surface area contributed by atoms with Gasteiger partial charge in [0.1, 0.15) is 18.0 Å². The molecule has 6 heteroatoms. The monoisotopic (exact) mass is 387 g/mol. The average molecular weight is 388 g/mol. The highest BCUT2D eigenvalue weighted by molar-refractivity contribution is 5.69. The normalized spacial score (nSPS) is 27.2. The van der Waals surface area contributed by atoms with Crippen LogP contribution in [0, 0.1) is 11.8 Å². The van der Waals surface area contributed by atoms with Crippen LogP contribution in [0.3, 0.4) is 0 Å². The van der Waals surface area contributed by atoms with E-state index < -0.39 is 5.60 Å². The lowest BCUT2D eigenvalue weighted by molar-refractivity contribution is 0.0187. The zero-order chi connectivity index (χ0) is 19.7. The molecule has 0 spiro atoms. The predicted octanol–water partition coefficient (Wildman–Crippen LogP) is 4.10. The van der Waals surface area contributed by atoms with Crippen molar-refractivity contribution in [1.82, 2.24) is 9.88 Å². The first-order valence-corrected chi connectivity index (χ1v) is 10.7. The lowest BCUT2D eigenvalue weighted by Gasteiger charge is -2.33. The van der Waals surface area contributed by atoms with Crippen LogP contribution in [0.4, 0.5) is 10.5 Å². The minimum Gasteiger partial charge on any atom is -0.490 e. The summed E-state index contributed by atoms with van der Waals surface area (Å²) < 4.78 is 11.6. The van der Waals surface area contributed by atoms with Crippen molar-refractivity contribution in [3.63, 3.8) is 0 Å². The Bertz CT molecular complexity index is 691. The maximum absolute atomic E-state index is 12.4. The van der Waals surface area contributed by atoms with E-state index in [1.807, 2.05) is 31.9 Å². The molecule has 1 aliphatic carbocycles. The number of hydrogen-bond acceptors (Lipinski definition) is 5. The molecule has 1 saturated carbocycles. The van der Waals surface area contributed by atoms with Gasteiger partial charge in [0.25, 0.3) is 0 Å². The molecule has 1 aromatic heterocycles. The summed E-state index contributed by atoms with van der Waals surface area (Å²) in [4.78, 5) is 21.1.